The Bertz CT molecular complexity index is 470. The van der Waals surface area contributed by atoms with E-state index in [0.717, 1.165) is 17.9 Å². The van der Waals surface area contributed by atoms with Gasteiger partial charge in [-0.2, -0.15) is 0 Å². The highest BCUT2D eigenvalue weighted by molar-refractivity contribution is 14.1. The number of phenols is 1. The molecule has 13 heavy (non-hydrogen) atoms. The van der Waals surface area contributed by atoms with Crippen molar-refractivity contribution in [1.82, 2.24) is 4.98 Å². The lowest BCUT2D eigenvalue weighted by Crippen LogP contribution is -1.83. The van der Waals surface area contributed by atoms with Gasteiger partial charge in [-0.1, -0.05) is 0 Å². The minimum atomic E-state index is 0.323. The van der Waals surface area contributed by atoms with Crippen molar-refractivity contribution in [2.24, 2.45) is 0 Å². The lowest BCUT2D eigenvalue weighted by Gasteiger charge is -2.04. The average molecular weight is 397 g/mol. The summed E-state index contributed by atoms with van der Waals surface area (Å²) in [7, 11) is 0. The molecule has 1 aromatic heterocycles. The van der Waals surface area contributed by atoms with Crippen LogP contribution in [0.1, 0.15) is 0 Å². The first-order valence-corrected chi connectivity index (χ1v) is 5.76. The number of aromatic nitrogens is 1. The molecule has 2 aromatic rings. The van der Waals surface area contributed by atoms with Crippen LogP contribution in [0.3, 0.4) is 0 Å². The molecule has 0 atom stereocenters. The second kappa shape index (κ2) is 3.56. The highest BCUT2D eigenvalue weighted by Gasteiger charge is 2.07. The van der Waals surface area contributed by atoms with Gasteiger partial charge in [-0.05, 0) is 57.3 Å². The van der Waals surface area contributed by atoms with Crippen molar-refractivity contribution in [3.05, 3.63) is 31.7 Å². The van der Waals surface area contributed by atoms with Gasteiger partial charge in [0.15, 0.2) is 0 Å². The van der Waals surface area contributed by atoms with Crippen molar-refractivity contribution < 1.29 is 5.11 Å². The minimum Gasteiger partial charge on any atom is -0.506 e. The quantitative estimate of drug-likeness (QED) is 0.694. The Balaban J connectivity index is 2.97. The fourth-order valence-electron chi connectivity index (χ4n) is 1.18. The second-order valence-electron chi connectivity index (χ2n) is 2.61. The molecule has 1 N–H and O–H groups in total. The van der Waals surface area contributed by atoms with Crippen LogP contribution in [0.4, 0.5) is 0 Å². The number of aromatic hydroxyl groups is 1. The van der Waals surface area contributed by atoms with Crippen molar-refractivity contribution in [3.8, 4) is 5.75 Å². The van der Waals surface area contributed by atoms with Gasteiger partial charge in [-0.15, -0.1) is 0 Å². The number of benzene rings is 1. The molecular weight excluding hydrogens is 392 g/mol. The molecular formula is C9H5I2NO. The molecule has 0 aliphatic heterocycles. The number of fused-ring (bicyclic) bond motifs is 1. The van der Waals surface area contributed by atoms with Crippen molar-refractivity contribution in [3.63, 3.8) is 0 Å². The third-order valence-electron chi connectivity index (χ3n) is 1.81. The van der Waals surface area contributed by atoms with Crippen molar-refractivity contribution >= 4 is 56.0 Å². The standard InChI is InChI=1S/C9H5I2NO/c10-7-3-8(11)9(13)6-4-12-2-1-5(6)7/h1-4,13H. The lowest BCUT2D eigenvalue weighted by molar-refractivity contribution is 0.477. The van der Waals surface area contributed by atoms with Crippen molar-refractivity contribution in [2.45, 2.75) is 0 Å². The van der Waals surface area contributed by atoms with E-state index in [0.29, 0.717) is 5.75 Å². The van der Waals surface area contributed by atoms with Crippen LogP contribution in [-0.2, 0) is 0 Å². The van der Waals surface area contributed by atoms with Crippen LogP contribution in [0, 0.1) is 7.14 Å². The molecule has 4 heteroatoms. The van der Waals surface area contributed by atoms with Gasteiger partial charge in [-0.3, -0.25) is 4.98 Å². The molecule has 0 saturated heterocycles. The van der Waals surface area contributed by atoms with Crippen LogP contribution in [-0.4, -0.2) is 10.1 Å². The summed E-state index contributed by atoms with van der Waals surface area (Å²) in [5.74, 6) is 0.323. The maximum absolute atomic E-state index is 9.73. The lowest BCUT2D eigenvalue weighted by atomic mass is 10.2. The first kappa shape index (κ1) is 9.45. The summed E-state index contributed by atoms with van der Waals surface area (Å²) in [5, 5.41) is 11.6. The molecule has 0 fully saturated rings. The highest BCUT2D eigenvalue weighted by Crippen LogP contribution is 2.32. The molecule has 66 valence electrons. The average Bonchev–Trinajstić information content (AvgIpc) is 2.15. The number of pyridine rings is 1. The number of halogens is 2. The zero-order chi connectivity index (χ0) is 9.42. The first-order chi connectivity index (χ1) is 6.20. The smallest absolute Gasteiger partial charge is 0.138 e. The van der Waals surface area contributed by atoms with Gasteiger partial charge in [0.1, 0.15) is 5.75 Å². The van der Waals surface area contributed by atoms with E-state index in [4.69, 9.17) is 0 Å². The number of phenolic OH excluding ortho intramolecular Hbond substituents is 1. The zero-order valence-corrected chi connectivity index (χ0v) is 10.8. The van der Waals surface area contributed by atoms with E-state index >= 15 is 0 Å². The van der Waals surface area contributed by atoms with E-state index < -0.39 is 0 Å². The van der Waals surface area contributed by atoms with E-state index in [1.165, 1.54) is 0 Å². The molecule has 0 amide bonds. The van der Waals surface area contributed by atoms with E-state index in [1.54, 1.807) is 12.4 Å². The molecule has 0 aliphatic carbocycles. The molecule has 2 nitrogen and oxygen atoms in total. The maximum Gasteiger partial charge on any atom is 0.138 e. The van der Waals surface area contributed by atoms with Gasteiger partial charge in [0.2, 0.25) is 0 Å². The minimum absolute atomic E-state index is 0.323. The van der Waals surface area contributed by atoms with E-state index in [9.17, 15) is 5.11 Å². The van der Waals surface area contributed by atoms with Crippen LogP contribution in [0.25, 0.3) is 10.8 Å². The highest BCUT2D eigenvalue weighted by atomic mass is 127. The number of hydrogen-bond acceptors (Lipinski definition) is 2. The Morgan fingerprint density at radius 1 is 1.15 bits per heavy atom. The molecule has 0 radical (unpaired) electrons. The summed E-state index contributed by atoms with van der Waals surface area (Å²) in [5.41, 5.74) is 0. The molecule has 2 rings (SSSR count). The van der Waals surface area contributed by atoms with Gasteiger partial charge in [0.25, 0.3) is 0 Å². The summed E-state index contributed by atoms with van der Waals surface area (Å²) in [6.07, 6.45) is 3.42. The fraction of sp³-hybridized carbons (Fsp3) is 0. The van der Waals surface area contributed by atoms with Crippen molar-refractivity contribution in [2.75, 3.05) is 0 Å². The molecule has 1 aromatic carbocycles. The Hall–Kier alpha value is -0.110. The third kappa shape index (κ3) is 1.61. The monoisotopic (exact) mass is 397 g/mol. The predicted octanol–water partition coefficient (Wildman–Crippen LogP) is 3.15. The Morgan fingerprint density at radius 2 is 1.92 bits per heavy atom. The number of rotatable bonds is 0. The van der Waals surface area contributed by atoms with Crippen LogP contribution < -0.4 is 0 Å². The van der Waals surface area contributed by atoms with Crippen LogP contribution in [0.5, 0.6) is 5.75 Å². The fourth-order valence-corrected chi connectivity index (χ4v) is 3.16. The maximum atomic E-state index is 9.73. The van der Waals surface area contributed by atoms with Crippen molar-refractivity contribution in [1.29, 1.82) is 0 Å². The normalized spacial score (nSPS) is 10.6. The number of nitrogens with zero attached hydrogens (tertiary/aromatic N) is 1. The second-order valence-corrected chi connectivity index (χ2v) is 4.93. The predicted molar refractivity (Wildman–Crippen MR) is 68.8 cm³/mol. The Morgan fingerprint density at radius 3 is 2.69 bits per heavy atom. The van der Waals surface area contributed by atoms with Gasteiger partial charge in [0, 0.05) is 26.7 Å². The van der Waals surface area contributed by atoms with Crippen LogP contribution in [0.2, 0.25) is 0 Å². The summed E-state index contributed by atoms with van der Waals surface area (Å²) in [4.78, 5) is 3.99. The summed E-state index contributed by atoms with van der Waals surface area (Å²) >= 11 is 4.37. The zero-order valence-electron chi connectivity index (χ0n) is 6.46. The molecule has 0 aliphatic rings. The SMILES string of the molecule is Oc1c(I)cc(I)c2ccncc12. The van der Waals surface area contributed by atoms with Crippen LogP contribution in [0.15, 0.2) is 24.5 Å². The third-order valence-corrected chi connectivity index (χ3v) is 3.53. The summed E-state index contributed by atoms with van der Waals surface area (Å²) in [6, 6.07) is 3.87. The van der Waals surface area contributed by atoms with E-state index in [1.807, 2.05) is 12.1 Å². The molecule has 0 unspecified atom stereocenters. The van der Waals surface area contributed by atoms with Gasteiger partial charge < -0.3 is 5.11 Å². The summed E-state index contributed by atoms with van der Waals surface area (Å²) < 4.78 is 2.00. The largest absolute Gasteiger partial charge is 0.506 e. The molecule has 1 heterocycles. The summed E-state index contributed by atoms with van der Waals surface area (Å²) in [6.45, 7) is 0. The first-order valence-electron chi connectivity index (χ1n) is 3.61. The Labute approximate surface area is 103 Å². The van der Waals surface area contributed by atoms with E-state index in [-0.39, 0.29) is 0 Å². The molecule has 0 spiro atoms. The van der Waals surface area contributed by atoms with Gasteiger partial charge >= 0.3 is 0 Å². The Kier molecular flexibility index (Phi) is 2.59. The van der Waals surface area contributed by atoms with Crippen LogP contribution >= 0.6 is 45.2 Å². The van der Waals surface area contributed by atoms with E-state index in [2.05, 4.69) is 50.2 Å². The van der Waals surface area contributed by atoms with Gasteiger partial charge in [-0.25, -0.2) is 0 Å². The molecule has 0 bridgehead atoms. The number of hydrogen-bond donors (Lipinski definition) is 1. The van der Waals surface area contributed by atoms with Gasteiger partial charge in [0.05, 0.1) is 3.57 Å². The topological polar surface area (TPSA) is 33.1 Å². The molecule has 0 saturated carbocycles.